The average molecular weight is 247 g/mol. The molecule has 0 aromatic heterocycles. The lowest BCUT2D eigenvalue weighted by Crippen LogP contribution is -2.36. The van der Waals surface area contributed by atoms with E-state index in [1.165, 1.54) is 0 Å². The van der Waals surface area contributed by atoms with Crippen LogP contribution in [-0.4, -0.2) is 26.4 Å². The Kier molecular flexibility index (Phi) is 4.95. The van der Waals surface area contributed by atoms with Crippen molar-refractivity contribution in [1.82, 2.24) is 0 Å². The van der Waals surface area contributed by atoms with Gasteiger partial charge in [0.25, 0.3) is 0 Å². The highest BCUT2D eigenvalue weighted by Crippen LogP contribution is 2.25. The molecule has 1 fully saturated rings. The third kappa shape index (κ3) is 3.88. The maximum atomic E-state index is 11.5. The molecular formula is C11H21NO3S. The molecule has 0 aromatic rings. The normalized spacial score (nSPS) is 25.2. The topological polar surface area (TPSA) is 69.4 Å². The largest absolute Gasteiger partial charge is 0.378 e. The highest BCUT2D eigenvalue weighted by atomic mass is 32.2. The summed E-state index contributed by atoms with van der Waals surface area (Å²) in [6.45, 7) is 6.26. The van der Waals surface area contributed by atoms with Gasteiger partial charge in [-0.1, -0.05) is 13.0 Å². The number of rotatable bonds is 6. The van der Waals surface area contributed by atoms with Crippen LogP contribution in [0.5, 0.6) is 0 Å². The zero-order valence-corrected chi connectivity index (χ0v) is 10.6. The van der Waals surface area contributed by atoms with Gasteiger partial charge < -0.3 is 4.74 Å². The highest BCUT2D eigenvalue weighted by molar-refractivity contribution is 7.89. The molecule has 1 aliphatic heterocycles. The van der Waals surface area contributed by atoms with Crippen LogP contribution in [0.1, 0.15) is 32.6 Å². The molecule has 16 heavy (non-hydrogen) atoms. The molecule has 1 heterocycles. The molecular weight excluding hydrogens is 226 g/mol. The van der Waals surface area contributed by atoms with Crippen LogP contribution in [-0.2, 0) is 14.8 Å². The predicted molar refractivity (Wildman–Crippen MR) is 64.5 cm³/mol. The summed E-state index contributed by atoms with van der Waals surface area (Å²) in [7, 11) is -3.50. The monoisotopic (exact) mass is 247 g/mol. The van der Waals surface area contributed by atoms with Crippen LogP contribution in [0.3, 0.4) is 0 Å². The first-order valence-corrected chi connectivity index (χ1v) is 7.30. The number of sulfonamides is 1. The van der Waals surface area contributed by atoms with Gasteiger partial charge in [-0.05, 0) is 31.6 Å². The third-order valence-electron chi connectivity index (χ3n) is 3.11. The minimum atomic E-state index is -3.50. The van der Waals surface area contributed by atoms with Crippen molar-refractivity contribution in [2.45, 2.75) is 44.0 Å². The summed E-state index contributed by atoms with van der Waals surface area (Å²) >= 11 is 0. The second-order valence-corrected chi connectivity index (χ2v) is 6.28. The predicted octanol–water partition coefficient (Wildman–Crippen LogP) is 1.42. The van der Waals surface area contributed by atoms with E-state index in [4.69, 9.17) is 9.88 Å². The summed E-state index contributed by atoms with van der Waals surface area (Å²) in [6, 6.07) is 0. The first-order valence-electron chi connectivity index (χ1n) is 5.69. The van der Waals surface area contributed by atoms with Crippen molar-refractivity contribution in [2.24, 2.45) is 11.1 Å². The molecule has 3 atom stereocenters. The number of hydrogen-bond acceptors (Lipinski definition) is 3. The van der Waals surface area contributed by atoms with Gasteiger partial charge in [-0.3, -0.25) is 0 Å². The maximum absolute atomic E-state index is 11.5. The summed E-state index contributed by atoms with van der Waals surface area (Å²) in [5.41, 5.74) is 0. The Bertz CT molecular complexity index is 320. The summed E-state index contributed by atoms with van der Waals surface area (Å²) in [5, 5.41) is 4.75. The van der Waals surface area contributed by atoms with Crippen LogP contribution in [0.25, 0.3) is 0 Å². The van der Waals surface area contributed by atoms with E-state index < -0.39 is 15.3 Å². The Balaban J connectivity index is 2.66. The lowest BCUT2D eigenvalue weighted by molar-refractivity contribution is 0.0996. The zero-order valence-electron chi connectivity index (χ0n) is 9.76. The quantitative estimate of drug-likeness (QED) is 0.722. The van der Waals surface area contributed by atoms with Crippen molar-refractivity contribution in [1.29, 1.82) is 0 Å². The van der Waals surface area contributed by atoms with Gasteiger partial charge in [-0.2, -0.15) is 0 Å². The van der Waals surface area contributed by atoms with E-state index in [1.54, 1.807) is 6.08 Å². The lowest BCUT2D eigenvalue weighted by Gasteiger charge is -2.23. The molecule has 1 rings (SSSR count). The van der Waals surface area contributed by atoms with Crippen molar-refractivity contribution >= 4 is 10.0 Å². The number of hydrogen-bond donors (Lipinski definition) is 1. The molecule has 0 amide bonds. The van der Waals surface area contributed by atoms with Crippen molar-refractivity contribution < 1.29 is 13.2 Å². The summed E-state index contributed by atoms with van der Waals surface area (Å²) in [4.78, 5) is 0. The van der Waals surface area contributed by atoms with Gasteiger partial charge in [-0.15, -0.1) is 6.58 Å². The van der Waals surface area contributed by atoms with E-state index in [0.29, 0.717) is 12.8 Å². The number of primary sulfonamides is 1. The fourth-order valence-corrected chi connectivity index (χ4v) is 3.44. The number of ether oxygens (including phenoxy) is 1. The van der Waals surface area contributed by atoms with Gasteiger partial charge in [0.05, 0.1) is 11.4 Å². The van der Waals surface area contributed by atoms with Crippen LogP contribution in [0.2, 0.25) is 0 Å². The fourth-order valence-electron chi connectivity index (χ4n) is 2.19. The van der Waals surface area contributed by atoms with Gasteiger partial charge in [-0.25, -0.2) is 13.6 Å². The van der Waals surface area contributed by atoms with Crippen LogP contribution in [0.4, 0.5) is 0 Å². The van der Waals surface area contributed by atoms with Crippen LogP contribution in [0, 0.1) is 5.92 Å². The third-order valence-corrected chi connectivity index (χ3v) is 4.62. The number of allylic oxidation sites excluding steroid dienone is 1. The first-order chi connectivity index (χ1) is 7.45. The Morgan fingerprint density at radius 2 is 2.31 bits per heavy atom. The van der Waals surface area contributed by atoms with Crippen molar-refractivity contribution in [3.63, 3.8) is 0 Å². The summed E-state index contributed by atoms with van der Waals surface area (Å²) < 4.78 is 28.5. The SMILES string of the molecule is C=CCC(C)C(C[C@@H]1CCCO1)S(N)(=O)=O. The van der Waals surface area contributed by atoms with E-state index >= 15 is 0 Å². The molecule has 0 spiro atoms. The molecule has 0 aromatic carbocycles. The van der Waals surface area contributed by atoms with Gasteiger partial charge >= 0.3 is 0 Å². The van der Waals surface area contributed by atoms with E-state index in [9.17, 15) is 8.42 Å². The van der Waals surface area contributed by atoms with Crippen LogP contribution < -0.4 is 5.14 Å². The van der Waals surface area contributed by atoms with Gasteiger partial charge in [0.15, 0.2) is 0 Å². The molecule has 5 heteroatoms. The van der Waals surface area contributed by atoms with Crippen molar-refractivity contribution in [3.8, 4) is 0 Å². The Morgan fingerprint density at radius 1 is 1.62 bits per heavy atom. The molecule has 1 aliphatic rings. The van der Waals surface area contributed by atoms with E-state index in [0.717, 1.165) is 19.4 Å². The van der Waals surface area contributed by atoms with E-state index in [2.05, 4.69) is 6.58 Å². The van der Waals surface area contributed by atoms with Gasteiger partial charge in [0, 0.05) is 6.61 Å². The average Bonchev–Trinajstić information content (AvgIpc) is 2.64. The standard InChI is InChI=1S/C11H21NO3S/c1-3-5-9(2)11(16(12,13)14)8-10-6-4-7-15-10/h3,9-11H,1,4-8H2,2H3,(H2,12,13,14)/t9?,10-,11?/m0/s1. The molecule has 4 nitrogen and oxygen atoms in total. The lowest BCUT2D eigenvalue weighted by atomic mass is 9.98. The number of nitrogens with two attached hydrogens (primary N) is 1. The van der Waals surface area contributed by atoms with Gasteiger partial charge in [0.1, 0.15) is 0 Å². The van der Waals surface area contributed by atoms with Crippen LogP contribution in [0.15, 0.2) is 12.7 Å². The van der Waals surface area contributed by atoms with E-state index in [-0.39, 0.29) is 12.0 Å². The molecule has 0 aliphatic carbocycles. The van der Waals surface area contributed by atoms with Crippen molar-refractivity contribution in [2.75, 3.05) is 6.61 Å². The summed E-state index contributed by atoms with van der Waals surface area (Å²) in [6.07, 6.45) is 4.90. The van der Waals surface area contributed by atoms with Crippen molar-refractivity contribution in [3.05, 3.63) is 12.7 Å². The Labute approximate surface area is 97.9 Å². The van der Waals surface area contributed by atoms with Crippen LogP contribution >= 0.6 is 0 Å². The molecule has 0 radical (unpaired) electrons. The summed E-state index contributed by atoms with van der Waals surface area (Å²) in [5.74, 6) is -0.00306. The first kappa shape index (κ1) is 13.7. The molecule has 94 valence electrons. The molecule has 0 bridgehead atoms. The minimum absolute atomic E-state index is 0.00306. The second kappa shape index (κ2) is 5.80. The van der Waals surface area contributed by atoms with Gasteiger partial charge in [0.2, 0.25) is 10.0 Å². The Morgan fingerprint density at radius 3 is 2.75 bits per heavy atom. The molecule has 2 N–H and O–H groups in total. The van der Waals surface area contributed by atoms with E-state index in [1.807, 2.05) is 6.92 Å². The minimum Gasteiger partial charge on any atom is -0.378 e. The molecule has 0 saturated carbocycles. The highest BCUT2D eigenvalue weighted by Gasteiger charge is 2.31. The fraction of sp³-hybridized carbons (Fsp3) is 0.818. The molecule has 2 unspecified atom stereocenters. The molecule has 1 saturated heterocycles. The zero-order chi connectivity index (χ0) is 12.2. The Hall–Kier alpha value is -0.390. The second-order valence-electron chi connectivity index (χ2n) is 4.50. The smallest absolute Gasteiger partial charge is 0.212 e. The maximum Gasteiger partial charge on any atom is 0.212 e.